The molecule has 1 aromatic rings. The van der Waals surface area contributed by atoms with E-state index in [4.69, 9.17) is 6.57 Å². The van der Waals surface area contributed by atoms with Crippen molar-refractivity contribution in [3.8, 4) is 0 Å². The maximum absolute atomic E-state index is 6.54. The molecule has 2 nitrogen and oxygen atoms in total. The summed E-state index contributed by atoms with van der Waals surface area (Å²) in [5.74, 6) is 0. The zero-order valence-electron chi connectivity index (χ0n) is 5.23. The van der Waals surface area contributed by atoms with Gasteiger partial charge in [0.15, 0.2) is 0 Å². The minimum Gasteiger partial charge on any atom is -0.312 e. The number of hydrogen-bond acceptors (Lipinski definition) is 1. The van der Waals surface area contributed by atoms with Gasteiger partial charge in [-0.2, -0.15) is 0 Å². The van der Waals surface area contributed by atoms with Crippen LogP contribution >= 0.6 is 0 Å². The molecule has 0 saturated heterocycles. The molecule has 0 aliphatic rings. The van der Waals surface area contributed by atoms with Gasteiger partial charge in [0.2, 0.25) is 6.54 Å². The van der Waals surface area contributed by atoms with Gasteiger partial charge in [-0.1, -0.05) is 0 Å². The first-order valence-electron chi connectivity index (χ1n) is 2.65. The zero-order valence-corrected chi connectivity index (χ0v) is 7.50. The van der Waals surface area contributed by atoms with E-state index >= 15 is 0 Å². The van der Waals surface area contributed by atoms with Crippen LogP contribution in [0.15, 0.2) is 24.5 Å². The fourth-order valence-electron chi connectivity index (χ4n) is 0.583. The maximum Gasteiger partial charge on any atom is 0.241 e. The van der Waals surface area contributed by atoms with Crippen molar-refractivity contribution >= 4 is 0 Å². The predicted octanol–water partition coefficient (Wildman–Crippen LogP) is 1.50. The molecule has 3 heteroatoms. The van der Waals surface area contributed by atoms with Crippen molar-refractivity contribution in [3.05, 3.63) is 41.5 Å². The minimum atomic E-state index is 0. The molecule has 0 spiro atoms. The predicted molar refractivity (Wildman–Crippen MR) is 34.5 cm³/mol. The Balaban J connectivity index is 0.000000810. The fourth-order valence-corrected chi connectivity index (χ4v) is 0.583. The summed E-state index contributed by atoms with van der Waals surface area (Å²) in [4.78, 5) is 7.08. The average Bonchev–Trinajstić information content (AvgIpc) is 1.91. The van der Waals surface area contributed by atoms with Gasteiger partial charge in [0.05, 0.1) is 0 Å². The van der Waals surface area contributed by atoms with Crippen molar-refractivity contribution in [3.63, 3.8) is 0 Å². The monoisotopic (exact) mass is 313 g/mol. The van der Waals surface area contributed by atoms with Gasteiger partial charge in [-0.05, 0) is 12.1 Å². The molecule has 0 aliphatic carbocycles. The van der Waals surface area contributed by atoms with E-state index in [9.17, 15) is 0 Å². The molecule has 0 unspecified atom stereocenters. The van der Waals surface area contributed by atoms with E-state index < -0.39 is 0 Å². The standard InChI is InChI=1S/C7H6N2.Pt/c1-8-5-7-3-2-4-9-6-7;/h2-4,6H,5H2;. The number of rotatable bonds is 1. The summed E-state index contributed by atoms with van der Waals surface area (Å²) in [6.45, 7) is 6.98. The van der Waals surface area contributed by atoms with E-state index in [-0.39, 0.29) is 21.1 Å². The molecule has 0 aliphatic heterocycles. The molecule has 0 N–H and O–H groups in total. The fraction of sp³-hybridized carbons (Fsp3) is 0.143. The molecule has 0 bridgehead atoms. The van der Waals surface area contributed by atoms with Crippen molar-refractivity contribution in [2.45, 2.75) is 6.54 Å². The van der Waals surface area contributed by atoms with Gasteiger partial charge in [0.25, 0.3) is 0 Å². The molecule has 0 saturated carbocycles. The Morgan fingerprint density at radius 3 is 2.90 bits per heavy atom. The Morgan fingerprint density at radius 1 is 1.60 bits per heavy atom. The first-order valence-corrected chi connectivity index (χ1v) is 2.65. The molecule has 0 radical (unpaired) electrons. The van der Waals surface area contributed by atoms with Crippen molar-refractivity contribution in [2.75, 3.05) is 0 Å². The largest absolute Gasteiger partial charge is 0.312 e. The second-order valence-electron chi connectivity index (χ2n) is 1.68. The maximum atomic E-state index is 6.54. The molecule has 0 atom stereocenters. The number of aromatic nitrogens is 1. The third-order valence-electron chi connectivity index (χ3n) is 0.984. The minimum absolute atomic E-state index is 0. The summed E-state index contributed by atoms with van der Waals surface area (Å²) < 4.78 is 0. The Hall–Kier alpha value is -0.672. The summed E-state index contributed by atoms with van der Waals surface area (Å²) >= 11 is 0. The van der Waals surface area contributed by atoms with Gasteiger partial charge < -0.3 is 4.85 Å². The van der Waals surface area contributed by atoms with E-state index in [1.165, 1.54) is 0 Å². The second kappa shape index (κ2) is 5.14. The average molecular weight is 313 g/mol. The van der Waals surface area contributed by atoms with Crippen LogP contribution in [-0.2, 0) is 27.6 Å². The van der Waals surface area contributed by atoms with Crippen LogP contribution in [0.3, 0.4) is 0 Å². The summed E-state index contributed by atoms with van der Waals surface area (Å²) in [7, 11) is 0. The number of nitrogens with zero attached hydrogens (tertiary/aromatic N) is 2. The van der Waals surface area contributed by atoms with Gasteiger partial charge >= 0.3 is 0 Å². The van der Waals surface area contributed by atoms with E-state index in [2.05, 4.69) is 9.83 Å². The van der Waals surface area contributed by atoms with Gasteiger partial charge in [-0.15, -0.1) is 0 Å². The molecule has 1 heterocycles. The zero-order chi connectivity index (χ0) is 6.53. The Labute approximate surface area is 74.4 Å². The van der Waals surface area contributed by atoms with Crippen LogP contribution in [0, 0.1) is 6.57 Å². The van der Waals surface area contributed by atoms with Gasteiger partial charge in [0.1, 0.15) is 0 Å². The molecule has 1 aromatic heterocycles. The van der Waals surface area contributed by atoms with Crippen LogP contribution in [0.5, 0.6) is 0 Å². The van der Waals surface area contributed by atoms with Gasteiger partial charge in [-0.25, -0.2) is 6.57 Å². The molecule has 10 heavy (non-hydrogen) atoms. The van der Waals surface area contributed by atoms with Gasteiger partial charge in [-0.3, -0.25) is 4.98 Å². The van der Waals surface area contributed by atoms with Crippen LogP contribution in [0.4, 0.5) is 0 Å². The van der Waals surface area contributed by atoms with E-state index in [1.807, 2.05) is 12.1 Å². The first kappa shape index (κ1) is 9.33. The van der Waals surface area contributed by atoms with Crippen molar-refractivity contribution in [2.24, 2.45) is 0 Å². The topological polar surface area (TPSA) is 17.2 Å². The molecule has 0 fully saturated rings. The van der Waals surface area contributed by atoms with Crippen molar-refractivity contribution in [1.82, 2.24) is 4.98 Å². The third kappa shape index (κ3) is 2.75. The van der Waals surface area contributed by atoms with E-state index in [1.54, 1.807) is 12.4 Å². The molecule has 54 valence electrons. The van der Waals surface area contributed by atoms with E-state index in [0.717, 1.165) is 5.56 Å². The first-order chi connectivity index (χ1) is 4.43. The molecule has 0 aromatic carbocycles. The molecule has 1 rings (SSSR count). The summed E-state index contributed by atoms with van der Waals surface area (Å²) in [5.41, 5.74) is 0.979. The Morgan fingerprint density at radius 2 is 2.40 bits per heavy atom. The summed E-state index contributed by atoms with van der Waals surface area (Å²) in [5, 5.41) is 0. The quantitative estimate of drug-likeness (QED) is 0.718. The Bertz CT molecular complexity index is 215. The van der Waals surface area contributed by atoms with Gasteiger partial charge in [0, 0.05) is 39.0 Å². The number of hydrogen-bond donors (Lipinski definition) is 0. The molecular formula is C7H6N2Pt. The van der Waals surface area contributed by atoms with Crippen LogP contribution in [0.1, 0.15) is 5.56 Å². The van der Waals surface area contributed by atoms with Crippen LogP contribution < -0.4 is 0 Å². The summed E-state index contributed by atoms with van der Waals surface area (Å²) in [6.07, 6.45) is 3.41. The number of pyridine rings is 1. The van der Waals surface area contributed by atoms with E-state index in [0.29, 0.717) is 6.54 Å². The third-order valence-corrected chi connectivity index (χ3v) is 0.984. The summed E-state index contributed by atoms with van der Waals surface area (Å²) in [6, 6.07) is 3.73. The van der Waals surface area contributed by atoms with Crippen LogP contribution in [0.25, 0.3) is 4.85 Å². The normalized spacial score (nSPS) is 7.50. The van der Waals surface area contributed by atoms with Crippen LogP contribution in [0.2, 0.25) is 0 Å². The SMILES string of the molecule is [C-]#[N+]Cc1cccnc1.[Pt]. The van der Waals surface area contributed by atoms with Crippen LogP contribution in [-0.4, -0.2) is 4.98 Å². The van der Waals surface area contributed by atoms with Crippen molar-refractivity contribution < 1.29 is 21.1 Å². The van der Waals surface area contributed by atoms with Crippen molar-refractivity contribution in [1.29, 1.82) is 0 Å². The molecular weight excluding hydrogens is 307 g/mol. The Kier molecular flexibility index (Phi) is 4.79. The second-order valence-corrected chi connectivity index (χ2v) is 1.68. The molecule has 0 amide bonds. The smallest absolute Gasteiger partial charge is 0.241 e.